The van der Waals surface area contributed by atoms with Crippen LogP contribution in [0.3, 0.4) is 0 Å². The molecule has 3 aromatic rings. The van der Waals surface area contributed by atoms with E-state index in [0.29, 0.717) is 11.4 Å². The number of aromatic nitrogens is 1. The van der Waals surface area contributed by atoms with Crippen molar-refractivity contribution in [2.24, 2.45) is 0 Å². The van der Waals surface area contributed by atoms with Crippen molar-refractivity contribution in [1.82, 2.24) is 4.98 Å². The van der Waals surface area contributed by atoms with Gasteiger partial charge in [-0.3, -0.25) is 9.78 Å². The summed E-state index contributed by atoms with van der Waals surface area (Å²) < 4.78 is 13.1. The van der Waals surface area contributed by atoms with Gasteiger partial charge in [0.25, 0.3) is 5.91 Å². The molecule has 0 fully saturated rings. The van der Waals surface area contributed by atoms with Gasteiger partial charge >= 0.3 is 0 Å². The predicted molar refractivity (Wildman–Crippen MR) is 96.0 cm³/mol. The maximum atomic E-state index is 13.1. The van der Waals surface area contributed by atoms with Crippen LogP contribution in [-0.2, 0) is 0 Å². The second-order valence-electron chi connectivity index (χ2n) is 5.35. The molecule has 5 heteroatoms. The first kappa shape index (κ1) is 16.3. The Hall–Kier alpha value is -2.53. The number of halogens is 1. The number of pyridine rings is 1. The van der Waals surface area contributed by atoms with E-state index in [1.54, 1.807) is 29.4 Å². The zero-order chi connectivity index (χ0) is 17.1. The highest BCUT2D eigenvalue weighted by molar-refractivity contribution is 7.14. The lowest BCUT2D eigenvalue weighted by atomic mass is 10.1. The van der Waals surface area contributed by atoms with Gasteiger partial charge in [-0.2, -0.15) is 0 Å². The van der Waals surface area contributed by atoms with Crippen molar-refractivity contribution in [3.8, 4) is 11.1 Å². The molecule has 2 aromatic heterocycles. The van der Waals surface area contributed by atoms with Crippen molar-refractivity contribution in [2.45, 2.75) is 13.8 Å². The minimum Gasteiger partial charge on any atom is -0.306 e. The van der Waals surface area contributed by atoms with Gasteiger partial charge in [-0.1, -0.05) is 12.1 Å². The number of aryl methyl sites for hydroxylation is 1. The number of carbonyl (C=O) groups is 1. The molecule has 0 N–H and O–H groups in total. The average Bonchev–Trinajstić information content (AvgIpc) is 2.99. The fourth-order valence-corrected chi connectivity index (χ4v) is 3.58. The molecule has 122 valence electrons. The van der Waals surface area contributed by atoms with Crippen LogP contribution in [0.5, 0.6) is 0 Å². The molecule has 0 saturated carbocycles. The molecule has 0 bridgehead atoms. The van der Waals surface area contributed by atoms with E-state index >= 15 is 0 Å². The van der Waals surface area contributed by atoms with Crippen molar-refractivity contribution in [2.75, 3.05) is 11.4 Å². The molecule has 0 aliphatic heterocycles. The van der Waals surface area contributed by atoms with Gasteiger partial charge in [0, 0.05) is 17.6 Å². The summed E-state index contributed by atoms with van der Waals surface area (Å²) in [6, 6.07) is 11.9. The standard InChI is InChI=1S/C19H17FN2OS/c1-3-22(16-5-4-10-21-12-16)19(23)18-11-17(13(2)24-18)14-6-8-15(20)9-7-14/h4-12H,3H2,1-2H3. The molecule has 0 aliphatic rings. The van der Waals surface area contributed by atoms with Crippen LogP contribution < -0.4 is 4.90 Å². The lowest BCUT2D eigenvalue weighted by molar-refractivity contribution is 0.0992. The lowest BCUT2D eigenvalue weighted by Gasteiger charge is -2.19. The van der Waals surface area contributed by atoms with E-state index in [9.17, 15) is 9.18 Å². The van der Waals surface area contributed by atoms with Crippen LogP contribution in [-0.4, -0.2) is 17.4 Å². The van der Waals surface area contributed by atoms with Crippen molar-refractivity contribution < 1.29 is 9.18 Å². The normalized spacial score (nSPS) is 10.6. The molecule has 0 aliphatic carbocycles. The first-order valence-electron chi connectivity index (χ1n) is 7.68. The second kappa shape index (κ2) is 6.93. The zero-order valence-electron chi connectivity index (χ0n) is 13.5. The summed E-state index contributed by atoms with van der Waals surface area (Å²) in [5, 5.41) is 0. The Morgan fingerprint density at radius 2 is 2.00 bits per heavy atom. The Morgan fingerprint density at radius 3 is 2.62 bits per heavy atom. The first-order valence-corrected chi connectivity index (χ1v) is 8.50. The summed E-state index contributed by atoms with van der Waals surface area (Å²) in [6.07, 6.45) is 3.37. The molecule has 0 atom stereocenters. The molecule has 3 rings (SSSR count). The Labute approximate surface area is 144 Å². The largest absolute Gasteiger partial charge is 0.306 e. The number of carbonyl (C=O) groups excluding carboxylic acids is 1. The molecule has 1 aromatic carbocycles. The van der Waals surface area contributed by atoms with Gasteiger partial charge in [-0.15, -0.1) is 11.3 Å². The molecule has 2 heterocycles. The SMILES string of the molecule is CCN(C(=O)c1cc(-c2ccc(F)cc2)c(C)s1)c1cccnc1. The van der Waals surface area contributed by atoms with Gasteiger partial charge in [0.1, 0.15) is 5.82 Å². The van der Waals surface area contributed by atoms with Crippen molar-refractivity contribution in [3.05, 3.63) is 70.4 Å². The molecule has 0 unspecified atom stereocenters. The van der Waals surface area contributed by atoms with Crippen LogP contribution in [0.15, 0.2) is 54.9 Å². The van der Waals surface area contributed by atoms with Crippen LogP contribution >= 0.6 is 11.3 Å². The molecule has 0 radical (unpaired) electrons. The number of rotatable bonds is 4. The van der Waals surface area contributed by atoms with Gasteiger partial charge in [0.2, 0.25) is 0 Å². The second-order valence-corrected chi connectivity index (χ2v) is 6.60. The highest BCUT2D eigenvalue weighted by atomic mass is 32.1. The predicted octanol–water partition coefficient (Wildman–Crippen LogP) is 4.92. The van der Waals surface area contributed by atoms with E-state index in [-0.39, 0.29) is 11.7 Å². The van der Waals surface area contributed by atoms with E-state index < -0.39 is 0 Å². The maximum absolute atomic E-state index is 13.1. The number of benzene rings is 1. The number of nitrogens with zero attached hydrogens (tertiary/aromatic N) is 2. The van der Waals surface area contributed by atoms with Crippen molar-refractivity contribution in [1.29, 1.82) is 0 Å². The van der Waals surface area contributed by atoms with E-state index in [1.807, 2.05) is 32.0 Å². The van der Waals surface area contributed by atoms with Gasteiger partial charge in [0.15, 0.2) is 0 Å². The topological polar surface area (TPSA) is 33.2 Å². The Kier molecular flexibility index (Phi) is 4.71. The van der Waals surface area contributed by atoms with Crippen molar-refractivity contribution >= 4 is 22.9 Å². The Bertz CT molecular complexity index is 844. The molecular formula is C19H17FN2OS. The highest BCUT2D eigenvalue weighted by Gasteiger charge is 2.20. The van der Waals surface area contributed by atoms with Crippen LogP contribution in [0.2, 0.25) is 0 Å². The maximum Gasteiger partial charge on any atom is 0.268 e. The van der Waals surface area contributed by atoms with E-state index in [2.05, 4.69) is 4.98 Å². The van der Waals surface area contributed by atoms with E-state index in [4.69, 9.17) is 0 Å². The average molecular weight is 340 g/mol. The van der Waals surface area contributed by atoms with E-state index in [0.717, 1.165) is 21.7 Å². The monoisotopic (exact) mass is 340 g/mol. The number of thiophene rings is 1. The van der Waals surface area contributed by atoms with Gasteiger partial charge in [-0.25, -0.2) is 4.39 Å². The third kappa shape index (κ3) is 3.21. The van der Waals surface area contributed by atoms with Crippen LogP contribution in [0.4, 0.5) is 10.1 Å². The molecule has 0 spiro atoms. The summed E-state index contributed by atoms with van der Waals surface area (Å²) >= 11 is 1.45. The fraction of sp³-hybridized carbons (Fsp3) is 0.158. The summed E-state index contributed by atoms with van der Waals surface area (Å²) in [6.45, 7) is 4.47. The van der Waals surface area contributed by atoms with Crippen LogP contribution in [0.25, 0.3) is 11.1 Å². The summed E-state index contributed by atoms with van der Waals surface area (Å²) in [5.74, 6) is -0.316. The Morgan fingerprint density at radius 1 is 1.25 bits per heavy atom. The quantitative estimate of drug-likeness (QED) is 0.675. The zero-order valence-corrected chi connectivity index (χ0v) is 14.3. The fourth-order valence-electron chi connectivity index (χ4n) is 2.59. The number of amides is 1. The first-order chi connectivity index (χ1) is 11.6. The summed E-state index contributed by atoms with van der Waals surface area (Å²) in [7, 11) is 0. The number of hydrogen-bond donors (Lipinski definition) is 0. The highest BCUT2D eigenvalue weighted by Crippen LogP contribution is 2.32. The lowest BCUT2D eigenvalue weighted by Crippen LogP contribution is -2.30. The summed E-state index contributed by atoms with van der Waals surface area (Å²) in [4.78, 5) is 20.4. The third-order valence-corrected chi connectivity index (χ3v) is 4.84. The van der Waals surface area contributed by atoms with Gasteiger partial charge in [0.05, 0.1) is 16.8 Å². The van der Waals surface area contributed by atoms with Crippen LogP contribution in [0.1, 0.15) is 21.5 Å². The van der Waals surface area contributed by atoms with E-state index in [1.165, 1.54) is 23.5 Å². The van der Waals surface area contributed by atoms with Gasteiger partial charge in [-0.05, 0) is 55.3 Å². The van der Waals surface area contributed by atoms with Crippen LogP contribution in [0, 0.1) is 12.7 Å². The summed E-state index contributed by atoms with van der Waals surface area (Å²) in [5.41, 5.74) is 2.65. The molecular weight excluding hydrogens is 323 g/mol. The Balaban J connectivity index is 1.94. The number of hydrogen-bond acceptors (Lipinski definition) is 3. The molecule has 0 saturated heterocycles. The third-order valence-electron chi connectivity index (χ3n) is 3.80. The number of anilines is 1. The minimum atomic E-state index is -0.267. The molecule has 1 amide bonds. The molecule has 3 nitrogen and oxygen atoms in total. The van der Waals surface area contributed by atoms with Gasteiger partial charge < -0.3 is 4.90 Å². The minimum absolute atomic E-state index is 0.0491. The van der Waals surface area contributed by atoms with Crippen molar-refractivity contribution in [3.63, 3.8) is 0 Å². The smallest absolute Gasteiger partial charge is 0.268 e. The molecule has 24 heavy (non-hydrogen) atoms.